The molecule has 0 aliphatic rings. The lowest BCUT2D eigenvalue weighted by molar-refractivity contribution is 0.178. The molecule has 0 saturated heterocycles. The van der Waals surface area contributed by atoms with E-state index in [9.17, 15) is 9.50 Å². The average Bonchev–Trinajstić information content (AvgIpc) is 2.34. The van der Waals surface area contributed by atoms with Crippen molar-refractivity contribution in [3.8, 4) is 0 Å². The third-order valence-electron chi connectivity index (χ3n) is 2.65. The maximum Gasteiger partial charge on any atom is 0.123 e. The van der Waals surface area contributed by atoms with Crippen molar-refractivity contribution in [2.24, 2.45) is 0 Å². The number of benzene rings is 2. The average molecular weight is 377 g/mol. The molecule has 2 rings (SSSR count). The minimum absolute atomic E-state index is 0.302. The minimum atomic E-state index is -0.681. The molecule has 18 heavy (non-hydrogen) atoms. The Morgan fingerprint density at radius 3 is 2.72 bits per heavy atom. The third-order valence-corrected chi connectivity index (χ3v) is 3.69. The van der Waals surface area contributed by atoms with Crippen LogP contribution in [0.25, 0.3) is 0 Å². The Morgan fingerprint density at radius 2 is 2.00 bits per heavy atom. The highest BCUT2D eigenvalue weighted by Crippen LogP contribution is 2.25. The summed E-state index contributed by atoms with van der Waals surface area (Å²) >= 11 is 8.16. The van der Waals surface area contributed by atoms with E-state index in [1.54, 1.807) is 0 Å². The first-order valence-corrected chi connectivity index (χ1v) is 6.89. The standard InChI is InChI=1S/C14H11ClFIO/c15-13-5-4-11(16)6-10(13)8-14(18)9-2-1-3-12(17)7-9/h1-7,14,18H,8H2. The van der Waals surface area contributed by atoms with E-state index in [-0.39, 0.29) is 5.82 Å². The van der Waals surface area contributed by atoms with Gasteiger partial charge in [-0.1, -0.05) is 23.7 Å². The van der Waals surface area contributed by atoms with Crippen LogP contribution in [0, 0.1) is 9.39 Å². The van der Waals surface area contributed by atoms with Gasteiger partial charge < -0.3 is 5.11 Å². The lowest BCUT2D eigenvalue weighted by Crippen LogP contribution is -2.03. The Bertz CT molecular complexity index is 559. The zero-order chi connectivity index (χ0) is 13.1. The molecule has 0 radical (unpaired) electrons. The van der Waals surface area contributed by atoms with Gasteiger partial charge in [-0.2, -0.15) is 0 Å². The minimum Gasteiger partial charge on any atom is -0.388 e. The molecule has 0 amide bonds. The normalized spacial score (nSPS) is 12.4. The molecule has 1 N–H and O–H groups in total. The summed E-state index contributed by atoms with van der Waals surface area (Å²) in [6.45, 7) is 0. The van der Waals surface area contributed by atoms with E-state index in [1.807, 2.05) is 24.3 Å². The molecular formula is C14H11ClFIO. The van der Waals surface area contributed by atoms with Gasteiger partial charge in [-0.15, -0.1) is 0 Å². The molecule has 0 aliphatic carbocycles. The molecular weight excluding hydrogens is 366 g/mol. The van der Waals surface area contributed by atoms with Crippen LogP contribution in [-0.4, -0.2) is 5.11 Å². The van der Waals surface area contributed by atoms with Gasteiger partial charge in [0.25, 0.3) is 0 Å². The van der Waals surface area contributed by atoms with Gasteiger partial charge in [-0.25, -0.2) is 4.39 Å². The number of aliphatic hydroxyl groups is 1. The third kappa shape index (κ3) is 3.43. The molecule has 0 spiro atoms. The van der Waals surface area contributed by atoms with Gasteiger partial charge in [0.15, 0.2) is 0 Å². The Balaban J connectivity index is 2.21. The van der Waals surface area contributed by atoms with E-state index in [4.69, 9.17) is 11.6 Å². The highest BCUT2D eigenvalue weighted by Gasteiger charge is 2.12. The maximum atomic E-state index is 13.1. The number of halogens is 3. The molecule has 0 aromatic heterocycles. The Labute approximate surface area is 124 Å². The van der Waals surface area contributed by atoms with Crippen molar-refractivity contribution in [1.82, 2.24) is 0 Å². The molecule has 2 aromatic carbocycles. The van der Waals surface area contributed by atoms with E-state index in [2.05, 4.69) is 22.6 Å². The summed E-state index contributed by atoms with van der Waals surface area (Å²) in [7, 11) is 0. The van der Waals surface area contributed by atoms with Crippen molar-refractivity contribution < 1.29 is 9.50 Å². The first-order valence-electron chi connectivity index (χ1n) is 5.44. The van der Waals surface area contributed by atoms with Crippen LogP contribution in [0.3, 0.4) is 0 Å². The van der Waals surface area contributed by atoms with Crippen molar-refractivity contribution in [1.29, 1.82) is 0 Å². The first-order chi connectivity index (χ1) is 8.56. The van der Waals surface area contributed by atoms with Crippen molar-refractivity contribution >= 4 is 34.2 Å². The largest absolute Gasteiger partial charge is 0.388 e. The number of hydrogen-bond acceptors (Lipinski definition) is 1. The van der Waals surface area contributed by atoms with Crippen LogP contribution in [0.1, 0.15) is 17.2 Å². The fourth-order valence-electron chi connectivity index (χ4n) is 1.74. The number of aliphatic hydroxyl groups excluding tert-OH is 1. The first kappa shape index (κ1) is 13.8. The Morgan fingerprint density at radius 1 is 1.22 bits per heavy atom. The van der Waals surface area contributed by atoms with E-state index in [0.29, 0.717) is 17.0 Å². The summed E-state index contributed by atoms with van der Waals surface area (Å²) in [5, 5.41) is 10.6. The zero-order valence-electron chi connectivity index (χ0n) is 9.41. The van der Waals surface area contributed by atoms with E-state index in [0.717, 1.165) is 9.13 Å². The summed E-state index contributed by atoms with van der Waals surface area (Å²) < 4.78 is 14.2. The fourth-order valence-corrected chi connectivity index (χ4v) is 2.50. The molecule has 0 aliphatic heterocycles. The van der Waals surface area contributed by atoms with Gasteiger partial charge in [0.2, 0.25) is 0 Å². The molecule has 0 saturated carbocycles. The molecule has 0 heterocycles. The SMILES string of the molecule is OC(Cc1cc(F)ccc1Cl)c1cccc(I)c1. The molecule has 2 aromatic rings. The van der Waals surface area contributed by atoms with Gasteiger partial charge in [-0.3, -0.25) is 0 Å². The van der Waals surface area contributed by atoms with Crippen LogP contribution in [-0.2, 0) is 6.42 Å². The van der Waals surface area contributed by atoms with Crippen LogP contribution < -0.4 is 0 Å². The smallest absolute Gasteiger partial charge is 0.123 e. The van der Waals surface area contributed by atoms with E-state index < -0.39 is 6.10 Å². The molecule has 94 valence electrons. The Hall–Kier alpha value is -0.650. The second-order valence-corrected chi connectivity index (χ2v) is 5.66. The lowest BCUT2D eigenvalue weighted by atomic mass is 10.0. The van der Waals surface area contributed by atoms with Crippen molar-refractivity contribution in [3.63, 3.8) is 0 Å². The predicted octanol–water partition coefficient (Wildman–Crippen LogP) is 4.36. The summed E-state index contributed by atoms with van der Waals surface area (Å²) in [5.74, 6) is -0.343. The predicted molar refractivity (Wildman–Crippen MR) is 79.2 cm³/mol. The highest BCUT2D eigenvalue weighted by molar-refractivity contribution is 14.1. The summed E-state index contributed by atoms with van der Waals surface area (Å²) in [6.07, 6.45) is -0.379. The second kappa shape index (κ2) is 5.99. The van der Waals surface area contributed by atoms with E-state index >= 15 is 0 Å². The number of hydrogen-bond donors (Lipinski definition) is 1. The van der Waals surface area contributed by atoms with Crippen LogP contribution in [0.15, 0.2) is 42.5 Å². The maximum absolute atomic E-state index is 13.1. The summed E-state index contributed by atoms with van der Waals surface area (Å²) in [5.41, 5.74) is 1.42. The van der Waals surface area contributed by atoms with Crippen LogP contribution in [0.2, 0.25) is 5.02 Å². The van der Waals surface area contributed by atoms with Gasteiger partial charge in [0, 0.05) is 15.0 Å². The lowest BCUT2D eigenvalue weighted by Gasteiger charge is -2.12. The monoisotopic (exact) mass is 376 g/mol. The fraction of sp³-hybridized carbons (Fsp3) is 0.143. The molecule has 1 nitrogen and oxygen atoms in total. The van der Waals surface area contributed by atoms with Crippen molar-refractivity contribution in [2.75, 3.05) is 0 Å². The Kier molecular flexibility index (Phi) is 4.59. The molecule has 0 bridgehead atoms. The molecule has 1 unspecified atom stereocenters. The molecule has 4 heteroatoms. The second-order valence-electron chi connectivity index (χ2n) is 4.01. The molecule has 1 atom stereocenters. The summed E-state index contributed by atoms with van der Waals surface area (Å²) in [6, 6.07) is 11.8. The van der Waals surface area contributed by atoms with E-state index in [1.165, 1.54) is 18.2 Å². The van der Waals surface area contributed by atoms with Crippen LogP contribution in [0.4, 0.5) is 4.39 Å². The molecule has 0 fully saturated rings. The number of rotatable bonds is 3. The summed E-state index contributed by atoms with van der Waals surface area (Å²) in [4.78, 5) is 0. The highest BCUT2D eigenvalue weighted by atomic mass is 127. The van der Waals surface area contributed by atoms with Crippen molar-refractivity contribution in [3.05, 3.63) is 68.0 Å². The van der Waals surface area contributed by atoms with Crippen LogP contribution >= 0.6 is 34.2 Å². The van der Waals surface area contributed by atoms with Gasteiger partial charge in [0.1, 0.15) is 5.82 Å². The zero-order valence-corrected chi connectivity index (χ0v) is 12.3. The van der Waals surface area contributed by atoms with Crippen molar-refractivity contribution in [2.45, 2.75) is 12.5 Å². The topological polar surface area (TPSA) is 20.2 Å². The van der Waals surface area contributed by atoms with Gasteiger partial charge in [0.05, 0.1) is 6.10 Å². The van der Waals surface area contributed by atoms with Gasteiger partial charge in [-0.05, 0) is 64.0 Å². The van der Waals surface area contributed by atoms with Gasteiger partial charge >= 0.3 is 0 Å². The quantitative estimate of drug-likeness (QED) is 0.789. The van der Waals surface area contributed by atoms with Crippen LogP contribution in [0.5, 0.6) is 0 Å².